The monoisotopic (exact) mass is 284 g/mol. The van der Waals surface area contributed by atoms with Gasteiger partial charge in [-0.1, -0.05) is 15.9 Å². The van der Waals surface area contributed by atoms with Crippen LogP contribution in [0, 0.1) is 13.5 Å². The summed E-state index contributed by atoms with van der Waals surface area (Å²) in [5.41, 5.74) is 0. The van der Waals surface area contributed by atoms with Gasteiger partial charge in [0.25, 0.3) is 5.00 Å². The highest BCUT2D eigenvalue weighted by atomic mass is 79.9. The predicted octanol–water partition coefficient (Wildman–Crippen LogP) is 4.49. The first-order valence-corrected chi connectivity index (χ1v) is 6.23. The van der Waals surface area contributed by atoms with Crippen molar-refractivity contribution in [3.05, 3.63) is 33.0 Å². The highest BCUT2D eigenvalue weighted by Crippen LogP contribution is 2.41. The minimum absolute atomic E-state index is 0.688. The van der Waals surface area contributed by atoms with E-state index >= 15 is 0 Å². The van der Waals surface area contributed by atoms with Crippen molar-refractivity contribution in [1.82, 2.24) is 4.98 Å². The number of thiazole rings is 1. The average Bonchev–Trinajstić information content (AvgIpc) is 2.71. The van der Waals surface area contributed by atoms with Crippen molar-refractivity contribution in [2.24, 2.45) is 0 Å². The zero-order chi connectivity index (χ0) is 10.1. The Morgan fingerprint density at radius 2 is 2.29 bits per heavy atom. The Morgan fingerprint density at radius 1 is 1.50 bits per heavy atom. The zero-order valence-corrected chi connectivity index (χ0v) is 10.5. The van der Waals surface area contributed by atoms with E-state index in [-0.39, 0.29) is 0 Å². The molecule has 0 unspecified atom stereocenters. The Balaban J connectivity index is 2.48. The van der Waals surface area contributed by atoms with Crippen molar-refractivity contribution in [1.29, 1.82) is 0 Å². The lowest BCUT2D eigenvalue weighted by molar-refractivity contribution is 1.39. The van der Waals surface area contributed by atoms with Gasteiger partial charge < -0.3 is 0 Å². The summed E-state index contributed by atoms with van der Waals surface area (Å²) in [5.74, 6) is 0. The van der Waals surface area contributed by atoms with Gasteiger partial charge in [-0.2, -0.15) is 0 Å². The van der Waals surface area contributed by atoms with Gasteiger partial charge in [-0.25, -0.2) is 9.83 Å². The lowest BCUT2D eigenvalue weighted by Gasteiger charge is -1.85. The summed E-state index contributed by atoms with van der Waals surface area (Å²) in [5, 5.41) is 1.68. The summed E-state index contributed by atoms with van der Waals surface area (Å²) in [6.07, 6.45) is 1.85. The van der Waals surface area contributed by atoms with Gasteiger partial charge in [0.2, 0.25) is 0 Å². The van der Waals surface area contributed by atoms with Gasteiger partial charge in [-0.15, -0.1) is 22.7 Å². The number of aryl methyl sites for hydroxylation is 1. The van der Waals surface area contributed by atoms with E-state index in [1.807, 2.05) is 19.2 Å². The van der Waals surface area contributed by atoms with Crippen LogP contribution in [0.25, 0.3) is 14.7 Å². The number of thiophene rings is 1. The highest BCUT2D eigenvalue weighted by Gasteiger charge is 2.10. The summed E-state index contributed by atoms with van der Waals surface area (Å²) >= 11 is 6.48. The maximum absolute atomic E-state index is 6.95. The fraction of sp³-hybridized carbons (Fsp3) is 0.111. The third-order valence-corrected chi connectivity index (χ3v) is 4.58. The normalized spacial score (nSPS) is 10.1. The highest BCUT2D eigenvalue weighted by molar-refractivity contribution is 9.10. The van der Waals surface area contributed by atoms with Crippen molar-refractivity contribution in [3.63, 3.8) is 0 Å². The second kappa shape index (κ2) is 3.81. The molecule has 0 aliphatic carbocycles. The number of rotatable bonds is 1. The Labute approximate surface area is 98.2 Å². The molecule has 0 amide bonds. The predicted molar refractivity (Wildman–Crippen MR) is 64.1 cm³/mol. The number of hydrogen-bond acceptors (Lipinski definition) is 3. The third kappa shape index (κ3) is 1.73. The van der Waals surface area contributed by atoms with Crippen LogP contribution in [0.2, 0.25) is 0 Å². The summed E-state index contributed by atoms with van der Waals surface area (Å²) in [6.45, 7) is 8.98. The van der Waals surface area contributed by atoms with Crippen molar-refractivity contribution >= 4 is 43.6 Å². The average molecular weight is 285 g/mol. The van der Waals surface area contributed by atoms with Crippen molar-refractivity contribution in [3.8, 4) is 9.88 Å². The number of halogens is 1. The molecule has 14 heavy (non-hydrogen) atoms. The molecule has 0 bridgehead atoms. The number of aromatic nitrogens is 1. The van der Waals surface area contributed by atoms with E-state index in [1.165, 1.54) is 16.2 Å². The van der Waals surface area contributed by atoms with E-state index in [4.69, 9.17) is 6.57 Å². The molecule has 5 heteroatoms. The molecule has 0 spiro atoms. The second-order valence-corrected chi connectivity index (χ2v) is 5.77. The van der Waals surface area contributed by atoms with Crippen LogP contribution in [0.5, 0.6) is 0 Å². The summed E-state index contributed by atoms with van der Waals surface area (Å²) in [4.78, 5) is 9.95. The topological polar surface area (TPSA) is 17.2 Å². The van der Waals surface area contributed by atoms with Gasteiger partial charge >= 0.3 is 0 Å². The molecular formula is C9H5BrN2S2. The summed E-state index contributed by atoms with van der Waals surface area (Å²) in [7, 11) is 0. The van der Waals surface area contributed by atoms with Crippen LogP contribution in [0.15, 0.2) is 16.7 Å². The molecule has 0 aliphatic heterocycles. The van der Waals surface area contributed by atoms with Crippen LogP contribution < -0.4 is 0 Å². The smallest absolute Gasteiger partial charge is 0.243 e. The number of nitrogens with zero attached hydrogens (tertiary/aromatic N) is 2. The van der Waals surface area contributed by atoms with Crippen LogP contribution in [0.4, 0.5) is 5.00 Å². The van der Waals surface area contributed by atoms with Gasteiger partial charge in [-0.05, 0) is 13.0 Å². The molecule has 0 saturated heterocycles. The quantitative estimate of drug-likeness (QED) is 0.705. The molecule has 0 saturated carbocycles. The van der Waals surface area contributed by atoms with E-state index in [0.29, 0.717) is 5.00 Å². The van der Waals surface area contributed by atoms with Crippen LogP contribution in [-0.2, 0) is 0 Å². The molecule has 0 atom stereocenters. The van der Waals surface area contributed by atoms with E-state index in [9.17, 15) is 0 Å². The van der Waals surface area contributed by atoms with Gasteiger partial charge in [0.1, 0.15) is 5.01 Å². The molecule has 2 aromatic rings. The molecule has 0 N–H and O–H groups in total. The van der Waals surface area contributed by atoms with Crippen molar-refractivity contribution < 1.29 is 0 Å². The Bertz CT molecular complexity index is 507. The zero-order valence-electron chi connectivity index (χ0n) is 7.24. The minimum atomic E-state index is 0.688. The fourth-order valence-corrected chi connectivity index (χ4v) is 3.37. The second-order valence-electron chi connectivity index (χ2n) is 2.65. The van der Waals surface area contributed by atoms with Crippen molar-refractivity contribution in [2.45, 2.75) is 6.92 Å². The Morgan fingerprint density at radius 3 is 2.79 bits per heavy atom. The Hall–Kier alpha value is -0.700. The largest absolute Gasteiger partial charge is 0.255 e. The molecule has 2 heterocycles. The van der Waals surface area contributed by atoms with Crippen LogP contribution >= 0.6 is 38.6 Å². The molecule has 2 aromatic heterocycles. The van der Waals surface area contributed by atoms with E-state index in [0.717, 1.165) is 14.4 Å². The van der Waals surface area contributed by atoms with Crippen LogP contribution in [0.1, 0.15) is 4.88 Å². The molecule has 0 fully saturated rings. The third-order valence-electron chi connectivity index (χ3n) is 1.60. The van der Waals surface area contributed by atoms with Crippen molar-refractivity contribution in [2.75, 3.05) is 0 Å². The first-order chi connectivity index (χ1) is 6.70. The van der Waals surface area contributed by atoms with Gasteiger partial charge in [0, 0.05) is 15.5 Å². The molecule has 70 valence electrons. The summed E-state index contributed by atoms with van der Waals surface area (Å²) < 4.78 is 0.861. The van der Waals surface area contributed by atoms with Crippen LogP contribution in [0.3, 0.4) is 0 Å². The first kappa shape index (κ1) is 9.84. The molecular weight excluding hydrogens is 280 g/mol. The lowest BCUT2D eigenvalue weighted by atomic mass is 10.5. The van der Waals surface area contributed by atoms with E-state index in [2.05, 4.69) is 25.8 Å². The first-order valence-electron chi connectivity index (χ1n) is 3.80. The number of hydrogen-bond donors (Lipinski definition) is 0. The Kier molecular flexibility index (Phi) is 2.68. The summed E-state index contributed by atoms with van der Waals surface area (Å²) in [6, 6.07) is 1.95. The maximum Gasteiger partial charge on any atom is 0.255 e. The van der Waals surface area contributed by atoms with Gasteiger partial charge in [0.05, 0.1) is 11.4 Å². The van der Waals surface area contributed by atoms with Gasteiger partial charge in [-0.3, -0.25) is 0 Å². The maximum atomic E-state index is 6.95. The molecule has 0 radical (unpaired) electrons. The lowest BCUT2D eigenvalue weighted by Crippen LogP contribution is -1.63. The van der Waals surface area contributed by atoms with E-state index < -0.39 is 0 Å². The SMILES string of the molecule is [C-]#[N+]c1sc(-c2ncc(C)s2)cc1Br. The molecule has 2 rings (SSSR count). The standard InChI is InChI=1S/C9H5BrN2S2/c1-5-4-12-9(13-5)7-3-6(10)8(11-2)14-7/h3-4H,1H3. The minimum Gasteiger partial charge on any atom is -0.243 e. The van der Waals surface area contributed by atoms with E-state index in [1.54, 1.807) is 11.3 Å². The molecule has 0 aromatic carbocycles. The molecule has 0 aliphatic rings. The van der Waals surface area contributed by atoms with Crippen LogP contribution in [-0.4, -0.2) is 4.98 Å². The fourth-order valence-electron chi connectivity index (χ4n) is 1.01. The van der Waals surface area contributed by atoms with Gasteiger partial charge in [0.15, 0.2) is 0 Å². The molecule has 2 nitrogen and oxygen atoms in total.